The fourth-order valence-corrected chi connectivity index (χ4v) is 2.57. The van der Waals surface area contributed by atoms with Gasteiger partial charge in [-0.15, -0.1) is 0 Å². The fraction of sp³-hybridized carbons (Fsp3) is 0.682. The molecule has 0 spiro atoms. The van der Waals surface area contributed by atoms with Crippen molar-refractivity contribution in [1.82, 2.24) is 0 Å². The van der Waals surface area contributed by atoms with E-state index >= 15 is 0 Å². The van der Waals surface area contributed by atoms with Crippen LogP contribution in [0.2, 0.25) is 0 Å². The summed E-state index contributed by atoms with van der Waals surface area (Å²) in [7, 11) is 0. The van der Waals surface area contributed by atoms with Gasteiger partial charge in [-0.1, -0.05) is 82.4 Å². The van der Waals surface area contributed by atoms with E-state index < -0.39 is 0 Å². The summed E-state index contributed by atoms with van der Waals surface area (Å²) in [6, 6.07) is 0. The van der Waals surface area contributed by atoms with E-state index in [-0.39, 0.29) is 0 Å². The molecule has 1 unspecified atom stereocenters. The average molecular weight is 319 g/mol. The zero-order valence-electron chi connectivity index (χ0n) is 15.5. The molecule has 0 aliphatic carbocycles. The van der Waals surface area contributed by atoms with Gasteiger partial charge in [-0.3, -0.25) is 0 Å². The molecule has 0 amide bonds. The van der Waals surface area contributed by atoms with Crippen molar-refractivity contribution in [3.8, 4) is 0 Å². The summed E-state index contributed by atoms with van der Waals surface area (Å²) in [6.07, 6.45) is 29.0. The monoisotopic (exact) mass is 318 g/mol. The topological polar surface area (TPSA) is 17.1 Å². The molecule has 23 heavy (non-hydrogen) atoms. The third kappa shape index (κ3) is 17.1. The molecule has 0 heterocycles. The molecule has 0 bridgehead atoms. The van der Waals surface area contributed by atoms with Gasteiger partial charge >= 0.3 is 0 Å². The van der Waals surface area contributed by atoms with Gasteiger partial charge in [0.2, 0.25) is 0 Å². The minimum absolute atomic E-state index is 0.303. The second-order valence-electron chi connectivity index (χ2n) is 6.30. The third-order valence-electron chi connectivity index (χ3n) is 4.19. The molecular weight excluding hydrogens is 280 g/mol. The van der Waals surface area contributed by atoms with Crippen LogP contribution in [0.5, 0.6) is 0 Å². The molecule has 0 fully saturated rings. The van der Waals surface area contributed by atoms with Gasteiger partial charge in [0.05, 0.1) is 0 Å². The number of allylic oxidation sites excluding steroid dienone is 6. The average Bonchev–Trinajstić information content (AvgIpc) is 2.58. The number of aldehydes is 1. The van der Waals surface area contributed by atoms with E-state index in [1.165, 1.54) is 44.9 Å². The zero-order chi connectivity index (χ0) is 17.0. The molecule has 0 rings (SSSR count). The summed E-state index contributed by atoms with van der Waals surface area (Å²) in [5.41, 5.74) is 0. The van der Waals surface area contributed by atoms with Gasteiger partial charge in [-0.2, -0.15) is 0 Å². The highest BCUT2D eigenvalue weighted by atomic mass is 16.1. The van der Waals surface area contributed by atoms with Gasteiger partial charge in [-0.05, 0) is 44.9 Å². The fourth-order valence-electron chi connectivity index (χ4n) is 2.57. The highest BCUT2D eigenvalue weighted by Gasteiger charge is 2.02. The first-order valence-corrected chi connectivity index (χ1v) is 9.75. The maximum atomic E-state index is 10.7. The lowest BCUT2D eigenvalue weighted by Gasteiger charge is -2.06. The van der Waals surface area contributed by atoms with Crippen molar-refractivity contribution in [2.75, 3.05) is 0 Å². The van der Waals surface area contributed by atoms with Crippen molar-refractivity contribution in [2.24, 2.45) is 5.92 Å². The van der Waals surface area contributed by atoms with Gasteiger partial charge in [0.15, 0.2) is 0 Å². The van der Waals surface area contributed by atoms with Gasteiger partial charge in [0.1, 0.15) is 6.29 Å². The van der Waals surface area contributed by atoms with Gasteiger partial charge < -0.3 is 4.79 Å². The second-order valence-corrected chi connectivity index (χ2v) is 6.30. The molecule has 0 aliphatic heterocycles. The number of carbonyl (C=O) groups is 1. The molecule has 0 aromatic heterocycles. The highest BCUT2D eigenvalue weighted by Crippen LogP contribution is 2.13. The molecular formula is C22H38O. The largest absolute Gasteiger partial charge is 0.303 e. The molecule has 1 atom stereocenters. The Hall–Kier alpha value is -1.11. The van der Waals surface area contributed by atoms with Crippen molar-refractivity contribution in [3.63, 3.8) is 0 Å². The summed E-state index contributed by atoms with van der Waals surface area (Å²) < 4.78 is 0. The lowest BCUT2D eigenvalue weighted by Crippen LogP contribution is -1.99. The number of rotatable bonds is 16. The summed E-state index contributed by atoms with van der Waals surface area (Å²) in [4.78, 5) is 10.7. The van der Waals surface area contributed by atoms with Crippen LogP contribution in [-0.4, -0.2) is 6.29 Å². The molecule has 0 radical (unpaired) electrons. The first-order valence-electron chi connectivity index (χ1n) is 9.75. The van der Waals surface area contributed by atoms with Crippen molar-refractivity contribution in [1.29, 1.82) is 0 Å². The first kappa shape index (κ1) is 21.9. The van der Waals surface area contributed by atoms with Crippen LogP contribution < -0.4 is 0 Å². The van der Waals surface area contributed by atoms with Crippen LogP contribution in [0, 0.1) is 5.92 Å². The Kier molecular flexibility index (Phi) is 18.0. The second kappa shape index (κ2) is 18.9. The van der Waals surface area contributed by atoms with E-state index in [0.29, 0.717) is 5.92 Å². The predicted octanol–water partition coefficient (Wildman–Crippen LogP) is 7.19. The Bertz CT molecular complexity index is 325. The molecule has 0 aromatic rings. The van der Waals surface area contributed by atoms with E-state index in [0.717, 1.165) is 38.4 Å². The van der Waals surface area contributed by atoms with Crippen LogP contribution in [0.3, 0.4) is 0 Å². The minimum Gasteiger partial charge on any atom is -0.303 e. The molecule has 0 saturated carbocycles. The van der Waals surface area contributed by atoms with Crippen LogP contribution in [-0.2, 0) is 4.79 Å². The number of carbonyl (C=O) groups excluding carboxylic acids is 1. The van der Waals surface area contributed by atoms with Gasteiger partial charge in [-0.25, -0.2) is 0 Å². The quantitative estimate of drug-likeness (QED) is 0.167. The van der Waals surface area contributed by atoms with Crippen LogP contribution in [0.15, 0.2) is 36.5 Å². The normalized spacial score (nSPS) is 13.5. The van der Waals surface area contributed by atoms with Crippen molar-refractivity contribution < 1.29 is 4.79 Å². The van der Waals surface area contributed by atoms with E-state index in [1.54, 1.807) is 0 Å². The molecule has 0 aliphatic rings. The Morgan fingerprint density at radius 2 is 1.26 bits per heavy atom. The Labute approximate surface area is 144 Å². The molecule has 0 N–H and O–H groups in total. The van der Waals surface area contributed by atoms with E-state index in [1.807, 2.05) is 0 Å². The van der Waals surface area contributed by atoms with Crippen LogP contribution in [0.25, 0.3) is 0 Å². The maximum Gasteiger partial charge on any atom is 0.123 e. The first-order chi connectivity index (χ1) is 11.3. The summed E-state index contributed by atoms with van der Waals surface area (Å²) in [5, 5.41) is 0. The lowest BCUT2D eigenvalue weighted by atomic mass is 9.99. The number of hydrogen-bond acceptors (Lipinski definition) is 1. The van der Waals surface area contributed by atoms with Crippen LogP contribution in [0.1, 0.15) is 90.9 Å². The summed E-state index contributed by atoms with van der Waals surface area (Å²) >= 11 is 0. The van der Waals surface area contributed by atoms with Crippen molar-refractivity contribution in [3.05, 3.63) is 36.5 Å². The predicted molar refractivity (Wildman–Crippen MR) is 104 cm³/mol. The molecule has 0 saturated heterocycles. The Morgan fingerprint density at radius 3 is 1.87 bits per heavy atom. The summed E-state index contributed by atoms with van der Waals surface area (Å²) in [5.74, 6) is 0.303. The third-order valence-corrected chi connectivity index (χ3v) is 4.19. The SMILES string of the molecule is CC/C=C\C/C=C\C/C=C\CCCCCCCCC(C=O)CC. The van der Waals surface area contributed by atoms with Crippen molar-refractivity contribution in [2.45, 2.75) is 90.9 Å². The van der Waals surface area contributed by atoms with Gasteiger partial charge in [0, 0.05) is 5.92 Å². The minimum atomic E-state index is 0.303. The van der Waals surface area contributed by atoms with Crippen LogP contribution >= 0.6 is 0 Å². The zero-order valence-corrected chi connectivity index (χ0v) is 15.5. The highest BCUT2D eigenvalue weighted by molar-refractivity contribution is 5.53. The number of hydrogen-bond donors (Lipinski definition) is 0. The standard InChI is InChI=1S/C22H38O/c1-3-5-6-7-8-9-10-11-12-13-14-15-16-17-18-19-20-22(4-2)21-23/h5-6,8-9,11-12,21-22H,3-4,7,10,13-20H2,1-2H3/b6-5-,9-8-,12-11-. The lowest BCUT2D eigenvalue weighted by molar-refractivity contribution is -0.111. The molecule has 1 heteroatoms. The smallest absolute Gasteiger partial charge is 0.123 e. The maximum absolute atomic E-state index is 10.7. The molecule has 132 valence electrons. The van der Waals surface area contributed by atoms with E-state index in [2.05, 4.69) is 50.3 Å². The Morgan fingerprint density at radius 1 is 0.696 bits per heavy atom. The van der Waals surface area contributed by atoms with Crippen LogP contribution in [0.4, 0.5) is 0 Å². The van der Waals surface area contributed by atoms with Gasteiger partial charge in [0.25, 0.3) is 0 Å². The van der Waals surface area contributed by atoms with E-state index in [9.17, 15) is 4.79 Å². The molecule has 0 aromatic carbocycles. The van der Waals surface area contributed by atoms with Crippen molar-refractivity contribution >= 4 is 6.29 Å². The number of unbranched alkanes of at least 4 members (excludes halogenated alkanes) is 6. The summed E-state index contributed by atoms with van der Waals surface area (Å²) in [6.45, 7) is 4.27. The van der Waals surface area contributed by atoms with E-state index in [4.69, 9.17) is 0 Å². The Balaban J connectivity index is 3.28. The molecule has 1 nitrogen and oxygen atoms in total.